The summed E-state index contributed by atoms with van der Waals surface area (Å²) in [6.07, 6.45) is -2.19. The number of aromatic nitrogens is 1. The maximum Gasteiger partial charge on any atom is 0.419 e. The molecule has 12 heavy (non-hydrogen) atoms. The van der Waals surface area contributed by atoms with Crippen molar-refractivity contribution in [1.29, 1.82) is 0 Å². The van der Waals surface area contributed by atoms with Crippen molar-refractivity contribution in [3.05, 3.63) is 26.9 Å². The van der Waals surface area contributed by atoms with Gasteiger partial charge < -0.3 is 4.98 Å². The monoisotopic (exact) mass is 257 g/mol. The molecule has 0 fully saturated rings. The molecule has 0 spiro atoms. The molecule has 66 valence electrons. The molecule has 0 saturated heterocycles. The molecule has 0 aliphatic rings. The van der Waals surface area contributed by atoms with Crippen molar-refractivity contribution in [1.82, 2.24) is 4.98 Å². The third-order valence-electron chi connectivity index (χ3n) is 1.20. The summed E-state index contributed by atoms with van der Waals surface area (Å²) in [5.41, 5.74) is -0.827. The Morgan fingerprint density at radius 2 is 1.92 bits per heavy atom. The number of hydrogen-bond acceptors (Lipinski definition) is 1. The van der Waals surface area contributed by atoms with Gasteiger partial charge in [0.1, 0.15) is 0 Å². The maximum absolute atomic E-state index is 12.1. The van der Waals surface area contributed by atoms with E-state index >= 15 is 0 Å². The van der Waals surface area contributed by atoms with Crippen molar-refractivity contribution in [2.45, 2.75) is 6.18 Å². The molecular formula is C6H3BrF3NS. The van der Waals surface area contributed by atoms with Crippen LogP contribution in [0.3, 0.4) is 0 Å². The van der Waals surface area contributed by atoms with Crippen LogP contribution in [0.5, 0.6) is 0 Å². The fourth-order valence-corrected chi connectivity index (χ4v) is 1.25. The van der Waals surface area contributed by atoms with E-state index in [0.29, 0.717) is 0 Å². The lowest BCUT2D eigenvalue weighted by molar-refractivity contribution is -0.138. The van der Waals surface area contributed by atoms with Crippen LogP contribution in [-0.2, 0) is 6.18 Å². The van der Waals surface area contributed by atoms with E-state index in [9.17, 15) is 13.2 Å². The van der Waals surface area contributed by atoms with Crippen LogP contribution in [0.1, 0.15) is 5.56 Å². The van der Waals surface area contributed by atoms with Crippen LogP contribution in [0.15, 0.2) is 16.9 Å². The summed E-state index contributed by atoms with van der Waals surface area (Å²) in [5.74, 6) is 0. The fraction of sp³-hybridized carbons (Fsp3) is 0.167. The first kappa shape index (κ1) is 9.73. The third kappa shape index (κ3) is 1.87. The van der Waals surface area contributed by atoms with Crippen LogP contribution in [0.4, 0.5) is 13.2 Å². The lowest BCUT2D eigenvalue weighted by Gasteiger charge is -2.06. The van der Waals surface area contributed by atoms with Crippen molar-refractivity contribution in [2.75, 3.05) is 0 Å². The van der Waals surface area contributed by atoms with E-state index in [4.69, 9.17) is 0 Å². The van der Waals surface area contributed by atoms with Crippen LogP contribution < -0.4 is 0 Å². The number of pyridine rings is 1. The van der Waals surface area contributed by atoms with Crippen LogP contribution in [0.2, 0.25) is 0 Å². The van der Waals surface area contributed by atoms with Gasteiger partial charge in [-0.05, 0) is 15.9 Å². The van der Waals surface area contributed by atoms with Crippen LogP contribution in [0, 0.1) is 4.51 Å². The number of halogens is 4. The highest BCUT2D eigenvalue weighted by Gasteiger charge is 2.32. The normalized spacial score (nSPS) is 11.7. The lowest BCUT2D eigenvalue weighted by atomic mass is 10.3. The van der Waals surface area contributed by atoms with E-state index in [2.05, 4.69) is 33.1 Å². The summed E-state index contributed by atoms with van der Waals surface area (Å²) in [6.45, 7) is 0. The number of aromatic amines is 1. The van der Waals surface area contributed by atoms with Gasteiger partial charge in [-0.25, -0.2) is 0 Å². The first-order valence-corrected chi connectivity index (χ1v) is 4.07. The predicted molar refractivity (Wildman–Crippen MR) is 44.3 cm³/mol. The summed E-state index contributed by atoms with van der Waals surface area (Å²) >= 11 is 7.46. The van der Waals surface area contributed by atoms with Crippen molar-refractivity contribution < 1.29 is 13.2 Å². The van der Waals surface area contributed by atoms with Gasteiger partial charge in [0.25, 0.3) is 0 Å². The first-order chi connectivity index (χ1) is 5.43. The summed E-state index contributed by atoms with van der Waals surface area (Å²) in [6, 6.07) is 0. The predicted octanol–water partition coefficient (Wildman–Crippen LogP) is 3.53. The van der Waals surface area contributed by atoms with Crippen LogP contribution >= 0.6 is 28.1 Å². The third-order valence-corrected chi connectivity index (χ3v) is 2.53. The van der Waals surface area contributed by atoms with E-state index in [1.807, 2.05) is 0 Å². The molecule has 1 N–H and O–H groups in total. The zero-order chi connectivity index (χ0) is 9.35. The smallest absolute Gasteiger partial charge is 0.366 e. The van der Waals surface area contributed by atoms with E-state index < -0.39 is 11.7 Å². The number of alkyl halides is 3. The summed E-state index contributed by atoms with van der Waals surface area (Å²) < 4.78 is 36.4. The number of nitrogens with one attached hydrogen (secondary N) is 1. The van der Waals surface area contributed by atoms with Gasteiger partial charge in [0.15, 0.2) is 0 Å². The highest BCUT2D eigenvalue weighted by atomic mass is 79.9. The van der Waals surface area contributed by atoms with Gasteiger partial charge in [-0.1, -0.05) is 12.2 Å². The molecular weight excluding hydrogens is 255 g/mol. The quantitative estimate of drug-likeness (QED) is 0.704. The zero-order valence-corrected chi connectivity index (χ0v) is 7.98. The van der Waals surface area contributed by atoms with Gasteiger partial charge in [0.05, 0.1) is 14.5 Å². The molecule has 0 atom stereocenters. The van der Waals surface area contributed by atoms with Gasteiger partial charge in [-0.15, -0.1) is 0 Å². The van der Waals surface area contributed by atoms with Crippen LogP contribution in [-0.4, -0.2) is 4.98 Å². The molecule has 0 aliphatic carbocycles. The Morgan fingerprint density at radius 3 is 2.33 bits per heavy atom. The number of H-pyrrole nitrogens is 1. The Bertz CT molecular complexity index is 343. The SMILES string of the molecule is FC(F)(F)c1c[nH]cc(Br)c1=S. The number of rotatable bonds is 0. The lowest BCUT2D eigenvalue weighted by Crippen LogP contribution is -2.06. The van der Waals surface area contributed by atoms with Gasteiger partial charge in [0.2, 0.25) is 0 Å². The molecule has 0 aromatic carbocycles. The standard InChI is InChI=1S/C6H3BrF3NS/c7-4-2-11-1-3(5(4)12)6(8,9)10/h1-2H,(H,11,12). The topological polar surface area (TPSA) is 15.8 Å². The summed E-state index contributed by atoms with van der Waals surface area (Å²) in [5, 5.41) is 0. The fourth-order valence-electron chi connectivity index (χ4n) is 0.668. The Labute approximate surface area is 79.7 Å². The van der Waals surface area contributed by atoms with E-state index in [1.54, 1.807) is 0 Å². The molecule has 0 bridgehead atoms. The van der Waals surface area contributed by atoms with Crippen molar-refractivity contribution in [2.24, 2.45) is 0 Å². The maximum atomic E-state index is 12.1. The average Bonchev–Trinajstić information content (AvgIpc) is 1.92. The molecule has 6 heteroatoms. The molecule has 1 heterocycles. The Balaban J connectivity index is 3.37. The molecule has 0 radical (unpaired) electrons. The molecule has 1 nitrogen and oxygen atoms in total. The summed E-state index contributed by atoms with van der Waals surface area (Å²) in [4.78, 5) is 2.34. The van der Waals surface area contributed by atoms with E-state index in [0.717, 1.165) is 6.20 Å². The zero-order valence-electron chi connectivity index (χ0n) is 5.57. The Hall–Kier alpha value is -0.360. The second kappa shape index (κ2) is 3.18. The molecule has 1 aromatic rings. The second-order valence-corrected chi connectivity index (χ2v) is 3.31. The molecule has 0 amide bonds. The van der Waals surface area contributed by atoms with Crippen molar-refractivity contribution in [3.63, 3.8) is 0 Å². The molecule has 1 rings (SSSR count). The largest absolute Gasteiger partial charge is 0.419 e. The minimum Gasteiger partial charge on any atom is -0.366 e. The highest BCUT2D eigenvalue weighted by Crippen LogP contribution is 2.31. The minimum atomic E-state index is -4.39. The molecule has 0 saturated carbocycles. The van der Waals surface area contributed by atoms with E-state index in [-0.39, 0.29) is 8.98 Å². The van der Waals surface area contributed by atoms with Gasteiger partial charge >= 0.3 is 6.18 Å². The molecule has 0 unspecified atom stereocenters. The number of hydrogen-bond donors (Lipinski definition) is 1. The average molecular weight is 258 g/mol. The highest BCUT2D eigenvalue weighted by molar-refractivity contribution is 9.10. The Kier molecular flexibility index (Phi) is 2.58. The molecule has 0 aliphatic heterocycles. The van der Waals surface area contributed by atoms with Crippen LogP contribution in [0.25, 0.3) is 0 Å². The van der Waals surface area contributed by atoms with Crippen molar-refractivity contribution >= 4 is 28.1 Å². The Morgan fingerprint density at radius 1 is 1.33 bits per heavy atom. The van der Waals surface area contributed by atoms with Gasteiger partial charge in [-0.3, -0.25) is 0 Å². The van der Waals surface area contributed by atoms with Crippen molar-refractivity contribution in [3.8, 4) is 0 Å². The molecule has 1 aromatic heterocycles. The summed E-state index contributed by atoms with van der Waals surface area (Å²) in [7, 11) is 0. The van der Waals surface area contributed by atoms with Gasteiger partial charge in [-0.2, -0.15) is 13.2 Å². The van der Waals surface area contributed by atoms with E-state index in [1.165, 1.54) is 6.20 Å². The second-order valence-electron chi connectivity index (χ2n) is 2.04. The van der Waals surface area contributed by atoms with Gasteiger partial charge in [0, 0.05) is 12.4 Å². The first-order valence-electron chi connectivity index (χ1n) is 2.86. The minimum absolute atomic E-state index is 0.221.